The number of nitrogens with one attached hydrogen (secondary N) is 1. The molecule has 1 atom stereocenters. The quantitative estimate of drug-likeness (QED) is 0.356. The van der Waals surface area contributed by atoms with Crippen LogP contribution in [-0.4, -0.2) is 41.7 Å². The van der Waals surface area contributed by atoms with Crippen LogP contribution in [0.1, 0.15) is 56.6 Å². The van der Waals surface area contributed by atoms with Gasteiger partial charge in [0.15, 0.2) is 0 Å². The minimum atomic E-state index is -0.527. The summed E-state index contributed by atoms with van der Waals surface area (Å²) in [6.45, 7) is 2.31. The van der Waals surface area contributed by atoms with Crippen LogP contribution in [0.3, 0.4) is 0 Å². The Hall–Kier alpha value is -1.89. The molecule has 2 aromatic rings. The van der Waals surface area contributed by atoms with Crippen molar-refractivity contribution in [2.45, 2.75) is 69.8 Å². The van der Waals surface area contributed by atoms with Crippen molar-refractivity contribution in [2.75, 3.05) is 12.9 Å². The highest BCUT2D eigenvalue weighted by Crippen LogP contribution is 2.25. The molecular weight excluding hydrogens is 503 g/mol. The Morgan fingerprint density at radius 2 is 1.86 bits per heavy atom. The molecule has 2 aromatic carbocycles. The standard InChI is InChI=1S/C27H34Cl2N2O3S/c1-3-25(27(33)30-21-9-5-4-6-10-21)31(16-19-8-7-11-22(14-19)34-2)26(32)18-35-17-20-12-13-23(28)24(29)15-20/h7-8,11-15,21,25H,3-6,9-10,16-18H2,1-2H3,(H,30,33)/t25-/m0/s1. The first-order valence-electron chi connectivity index (χ1n) is 12.2. The maximum atomic E-state index is 13.5. The molecule has 1 fully saturated rings. The molecule has 5 nitrogen and oxygen atoms in total. The number of methoxy groups -OCH3 is 1. The van der Waals surface area contributed by atoms with Crippen molar-refractivity contribution >= 4 is 46.8 Å². The predicted molar refractivity (Wildman–Crippen MR) is 145 cm³/mol. The molecule has 190 valence electrons. The predicted octanol–water partition coefficient (Wildman–Crippen LogP) is 6.49. The second-order valence-electron chi connectivity index (χ2n) is 8.88. The second-order valence-corrected chi connectivity index (χ2v) is 10.7. The first-order chi connectivity index (χ1) is 16.9. The van der Waals surface area contributed by atoms with Crippen molar-refractivity contribution in [3.05, 3.63) is 63.6 Å². The zero-order chi connectivity index (χ0) is 25.2. The molecule has 0 bridgehead atoms. The van der Waals surface area contributed by atoms with E-state index in [9.17, 15) is 9.59 Å². The van der Waals surface area contributed by atoms with Gasteiger partial charge < -0.3 is 15.0 Å². The highest BCUT2D eigenvalue weighted by atomic mass is 35.5. The summed E-state index contributed by atoms with van der Waals surface area (Å²) in [6.07, 6.45) is 6.06. The average Bonchev–Trinajstić information content (AvgIpc) is 2.86. The van der Waals surface area contributed by atoms with Crippen molar-refractivity contribution in [2.24, 2.45) is 0 Å². The first-order valence-corrected chi connectivity index (χ1v) is 14.1. The molecule has 0 spiro atoms. The van der Waals surface area contributed by atoms with Crippen LogP contribution in [0.5, 0.6) is 5.75 Å². The van der Waals surface area contributed by atoms with E-state index in [2.05, 4.69) is 5.32 Å². The van der Waals surface area contributed by atoms with Crippen molar-refractivity contribution < 1.29 is 14.3 Å². The molecule has 3 rings (SSSR count). The summed E-state index contributed by atoms with van der Waals surface area (Å²) in [5.41, 5.74) is 1.93. The number of amides is 2. The smallest absolute Gasteiger partial charge is 0.243 e. The number of benzene rings is 2. The third-order valence-corrected chi connectivity index (χ3v) is 8.03. The molecule has 1 aliphatic carbocycles. The lowest BCUT2D eigenvalue weighted by atomic mass is 9.95. The number of hydrogen-bond acceptors (Lipinski definition) is 4. The van der Waals surface area contributed by atoms with Crippen molar-refractivity contribution in [1.82, 2.24) is 10.2 Å². The lowest BCUT2D eigenvalue weighted by Gasteiger charge is -2.32. The summed E-state index contributed by atoms with van der Waals surface area (Å²) >= 11 is 13.6. The maximum Gasteiger partial charge on any atom is 0.243 e. The number of rotatable bonds is 11. The van der Waals surface area contributed by atoms with E-state index in [1.54, 1.807) is 18.1 Å². The van der Waals surface area contributed by atoms with Gasteiger partial charge in [0.05, 0.1) is 22.9 Å². The maximum absolute atomic E-state index is 13.5. The van der Waals surface area contributed by atoms with Crippen LogP contribution in [-0.2, 0) is 21.9 Å². The third kappa shape index (κ3) is 8.33. The van der Waals surface area contributed by atoms with Crippen LogP contribution < -0.4 is 10.1 Å². The van der Waals surface area contributed by atoms with Crippen LogP contribution in [0.25, 0.3) is 0 Å². The minimum absolute atomic E-state index is 0.0647. The van der Waals surface area contributed by atoms with Crippen LogP contribution in [0, 0.1) is 0 Å². The van der Waals surface area contributed by atoms with Gasteiger partial charge in [-0.05, 0) is 54.7 Å². The van der Waals surface area contributed by atoms with Gasteiger partial charge in [-0.3, -0.25) is 9.59 Å². The molecular formula is C27H34Cl2N2O3S. The molecule has 0 aromatic heterocycles. The summed E-state index contributed by atoms with van der Waals surface area (Å²) in [4.78, 5) is 28.5. The number of nitrogens with zero attached hydrogens (tertiary/aromatic N) is 1. The van der Waals surface area contributed by atoms with Gasteiger partial charge in [0.2, 0.25) is 11.8 Å². The fraction of sp³-hybridized carbons (Fsp3) is 0.481. The molecule has 1 N–H and O–H groups in total. The molecule has 0 aliphatic heterocycles. The van der Waals surface area contributed by atoms with Gasteiger partial charge in [-0.1, -0.05) is 67.6 Å². The van der Waals surface area contributed by atoms with Crippen molar-refractivity contribution in [1.29, 1.82) is 0 Å². The van der Waals surface area contributed by atoms with E-state index in [-0.39, 0.29) is 23.6 Å². The normalized spacial score (nSPS) is 14.9. The zero-order valence-electron chi connectivity index (χ0n) is 20.4. The van der Waals surface area contributed by atoms with Crippen molar-refractivity contribution in [3.63, 3.8) is 0 Å². The highest BCUT2D eigenvalue weighted by molar-refractivity contribution is 7.99. The Morgan fingerprint density at radius 3 is 2.54 bits per heavy atom. The van der Waals surface area contributed by atoms with Crippen LogP contribution >= 0.6 is 35.0 Å². The molecule has 0 unspecified atom stereocenters. The number of halogens is 2. The van der Waals surface area contributed by atoms with E-state index in [4.69, 9.17) is 27.9 Å². The summed E-state index contributed by atoms with van der Waals surface area (Å²) < 4.78 is 5.36. The molecule has 0 radical (unpaired) electrons. The number of carbonyl (C=O) groups excluding carboxylic acids is 2. The van der Waals surface area contributed by atoms with Gasteiger partial charge in [0, 0.05) is 18.3 Å². The monoisotopic (exact) mass is 536 g/mol. The number of thioether (sulfide) groups is 1. The third-order valence-electron chi connectivity index (χ3n) is 6.30. The van der Waals surface area contributed by atoms with E-state index in [1.807, 2.05) is 43.3 Å². The van der Waals surface area contributed by atoms with Crippen molar-refractivity contribution in [3.8, 4) is 5.75 Å². The summed E-state index contributed by atoms with van der Waals surface area (Å²) in [5.74, 6) is 1.48. The Bertz CT molecular complexity index is 998. The van der Waals surface area contributed by atoms with Gasteiger partial charge in [0.1, 0.15) is 11.8 Å². The molecule has 8 heteroatoms. The fourth-order valence-electron chi connectivity index (χ4n) is 4.40. The fourth-order valence-corrected chi connectivity index (χ4v) is 5.58. The van der Waals surface area contributed by atoms with E-state index >= 15 is 0 Å². The molecule has 2 amide bonds. The Kier molecular flexibility index (Phi) is 11.1. The lowest BCUT2D eigenvalue weighted by Crippen LogP contribution is -2.52. The van der Waals surface area contributed by atoms with Gasteiger partial charge in [0.25, 0.3) is 0 Å². The Balaban J connectivity index is 1.72. The molecule has 1 saturated carbocycles. The number of carbonyl (C=O) groups is 2. The van der Waals surface area contributed by atoms with Crippen LogP contribution in [0.2, 0.25) is 10.0 Å². The summed E-state index contributed by atoms with van der Waals surface area (Å²) in [6, 6.07) is 12.8. The molecule has 0 heterocycles. The van der Waals surface area contributed by atoms with Crippen LogP contribution in [0.15, 0.2) is 42.5 Å². The average molecular weight is 538 g/mol. The van der Waals surface area contributed by atoms with Gasteiger partial charge in [-0.15, -0.1) is 11.8 Å². The summed E-state index contributed by atoms with van der Waals surface area (Å²) in [5, 5.41) is 4.23. The number of ether oxygens (including phenoxy) is 1. The molecule has 0 saturated heterocycles. The van der Waals surface area contributed by atoms with Gasteiger partial charge in [-0.25, -0.2) is 0 Å². The van der Waals surface area contributed by atoms with E-state index in [0.29, 0.717) is 28.8 Å². The van der Waals surface area contributed by atoms with Gasteiger partial charge >= 0.3 is 0 Å². The van der Waals surface area contributed by atoms with E-state index in [1.165, 1.54) is 18.2 Å². The van der Waals surface area contributed by atoms with E-state index in [0.717, 1.165) is 42.6 Å². The SMILES string of the molecule is CC[C@@H](C(=O)NC1CCCCC1)N(Cc1cccc(OC)c1)C(=O)CSCc1ccc(Cl)c(Cl)c1. The zero-order valence-corrected chi connectivity index (χ0v) is 22.7. The minimum Gasteiger partial charge on any atom is -0.497 e. The summed E-state index contributed by atoms with van der Waals surface area (Å²) in [7, 11) is 1.62. The largest absolute Gasteiger partial charge is 0.497 e. The second kappa shape index (κ2) is 14.0. The van der Waals surface area contributed by atoms with Gasteiger partial charge in [-0.2, -0.15) is 0 Å². The van der Waals surface area contributed by atoms with E-state index < -0.39 is 6.04 Å². The molecule has 1 aliphatic rings. The Morgan fingerprint density at radius 1 is 1.09 bits per heavy atom. The first kappa shape index (κ1) is 27.7. The number of hydrogen-bond donors (Lipinski definition) is 1. The lowest BCUT2D eigenvalue weighted by molar-refractivity contribution is -0.139. The highest BCUT2D eigenvalue weighted by Gasteiger charge is 2.30. The molecule has 35 heavy (non-hydrogen) atoms. The van der Waals surface area contributed by atoms with Crippen LogP contribution in [0.4, 0.5) is 0 Å². The topological polar surface area (TPSA) is 58.6 Å². The Labute approximate surface area is 222 Å².